The minimum Gasteiger partial charge on any atom is -0.495 e. The predicted molar refractivity (Wildman–Crippen MR) is 62.7 cm³/mol. The third kappa shape index (κ3) is 1.88. The molecule has 0 aliphatic carbocycles. The summed E-state index contributed by atoms with van der Waals surface area (Å²) in [5.41, 5.74) is 7.70. The van der Waals surface area contributed by atoms with Gasteiger partial charge in [-0.2, -0.15) is 0 Å². The Labute approximate surface area is 95.0 Å². The highest BCUT2D eigenvalue weighted by Gasteiger charge is 2.29. The van der Waals surface area contributed by atoms with Crippen molar-refractivity contribution in [3.8, 4) is 5.75 Å². The molecule has 4 nitrogen and oxygen atoms in total. The molecule has 1 amide bonds. The fourth-order valence-corrected chi connectivity index (χ4v) is 1.98. The number of nitrogens with zero attached hydrogens (tertiary/aromatic N) is 1. The number of ether oxygens (including phenoxy) is 1. The Morgan fingerprint density at radius 3 is 2.81 bits per heavy atom. The molecule has 1 heterocycles. The lowest BCUT2D eigenvalue weighted by Gasteiger charge is -2.19. The molecule has 0 spiro atoms. The van der Waals surface area contributed by atoms with E-state index in [2.05, 4.69) is 0 Å². The third-order valence-electron chi connectivity index (χ3n) is 2.78. The Kier molecular flexibility index (Phi) is 2.83. The van der Waals surface area contributed by atoms with Crippen LogP contribution in [0.3, 0.4) is 0 Å². The van der Waals surface area contributed by atoms with Crippen molar-refractivity contribution in [1.82, 2.24) is 0 Å². The van der Waals surface area contributed by atoms with E-state index in [0.29, 0.717) is 18.7 Å². The minimum atomic E-state index is -0.0716. The summed E-state index contributed by atoms with van der Waals surface area (Å²) in [6.45, 7) is 2.56. The Balaban J connectivity index is 2.39. The molecule has 0 aromatic heterocycles. The molecule has 86 valence electrons. The van der Waals surface area contributed by atoms with Crippen LogP contribution in [0.4, 0.5) is 5.69 Å². The smallest absolute Gasteiger partial charge is 0.228 e. The Bertz CT molecular complexity index is 417. The van der Waals surface area contributed by atoms with Gasteiger partial charge in [-0.15, -0.1) is 0 Å². The first-order valence-corrected chi connectivity index (χ1v) is 5.32. The largest absolute Gasteiger partial charge is 0.495 e. The van der Waals surface area contributed by atoms with E-state index in [4.69, 9.17) is 10.5 Å². The zero-order chi connectivity index (χ0) is 11.7. The molecule has 2 rings (SSSR count). The maximum atomic E-state index is 11.8. The van der Waals surface area contributed by atoms with Crippen molar-refractivity contribution >= 4 is 11.6 Å². The fourth-order valence-electron chi connectivity index (χ4n) is 1.98. The monoisotopic (exact) mass is 220 g/mol. The van der Waals surface area contributed by atoms with E-state index in [-0.39, 0.29) is 11.9 Å². The van der Waals surface area contributed by atoms with Crippen LogP contribution in [0.1, 0.15) is 12.0 Å². The molecule has 1 aliphatic heterocycles. The second-order valence-electron chi connectivity index (χ2n) is 4.14. The Hall–Kier alpha value is -1.55. The van der Waals surface area contributed by atoms with Crippen molar-refractivity contribution in [2.45, 2.75) is 19.4 Å². The second-order valence-corrected chi connectivity index (χ2v) is 4.14. The van der Waals surface area contributed by atoms with Crippen LogP contribution in [-0.2, 0) is 4.79 Å². The first kappa shape index (κ1) is 11.0. The Morgan fingerprint density at radius 2 is 2.25 bits per heavy atom. The summed E-state index contributed by atoms with van der Waals surface area (Å²) in [6.07, 6.45) is 0.414. The van der Waals surface area contributed by atoms with Crippen molar-refractivity contribution in [2.75, 3.05) is 18.6 Å². The van der Waals surface area contributed by atoms with Crippen LogP contribution < -0.4 is 15.4 Å². The first-order valence-electron chi connectivity index (χ1n) is 5.32. The van der Waals surface area contributed by atoms with Gasteiger partial charge >= 0.3 is 0 Å². The topological polar surface area (TPSA) is 55.6 Å². The summed E-state index contributed by atoms with van der Waals surface area (Å²) in [4.78, 5) is 13.5. The van der Waals surface area contributed by atoms with Crippen LogP contribution >= 0.6 is 0 Å². The highest BCUT2D eigenvalue weighted by molar-refractivity contribution is 5.97. The molecule has 4 heteroatoms. The van der Waals surface area contributed by atoms with Gasteiger partial charge in [0.05, 0.1) is 12.8 Å². The van der Waals surface area contributed by atoms with E-state index in [9.17, 15) is 4.79 Å². The average molecular weight is 220 g/mol. The molecule has 16 heavy (non-hydrogen) atoms. The van der Waals surface area contributed by atoms with Crippen molar-refractivity contribution in [3.63, 3.8) is 0 Å². The van der Waals surface area contributed by atoms with Gasteiger partial charge in [-0.25, -0.2) is 0 Å². The lowest BCUT2D eigenvalue weighted by molar-refractivity contribution is -0.117. The van der Waals surface area contributed by atoms with Crippen LogP contribution in [0.15, 0.2) is 18.2 Å². The molecule has 1 fully saturated rings. The summed E-state index contributed by atoms with van der Waals surface area (Å²) in [5, 5.41) is 0. The molecule has 0 radical (unpaired) electrons. The molecule has 1 aliphatic rings. The number of rotatable bonds is 2. The van der Waals surface area contributed by atoms with Gasteiger partial charge in [0.2, 0.25) is 5.91 Å². The van der Waals surface area contributed by atoms with Gasteiger partial charge in [0, 0.05) is 19.0 Å². The molecule has 1 aromatic rings. The third-order valence-corrected chi connectivity index (χ3v) is 2.78. The molecule has 1 saturated heterocycles. The SMILES string of the molecule is COc1ccc(C)cc1N1CC(N)CC1=O. The second kappa shape index (κ2) is 4.14. The van der Waals surface area contributed by atoms with Crippen molar-refractivity contribution in [3.05, 3.63) is 23.8 Å². The highest BCUT2D eigenvalue weighted by atomic mass is 16.5. The number of carbonyl (C=O) groups excluding carboxylic acids is 1. The van der Waals surface area contributed by atoms with Gasteiger partial charge in [-0.05, 0) is 24.6 Å². The van der Waals surface area contributed by atoms with Gasteiger partial charge in [-0.1, -0.05) is 6.07 Å². The van der Waals surface area contributed by atoms with Crippen molar-refractivity contribution in [1.29, 1.82) is 0 Å². The van der Waals surface area contributed by atoms with Crippen LogP contribution in [0, 0.1) is 6.92 Å². The highest BCUT2D eigenvalue weighted by Crippen LogP contribution is 2.31. The van der Waals surface area contributed by atoms with Crippen molar-refractivity contribution in [2.24, 2.45) is 5.73 Å². The number of aryl methyl sites for hydroxylation is 1. The zero-order valence-electron chi connectivity index (χ0n) is 9.56. The van der Waals surface area contributed by atoms with E-state index in [1.165, 1.54) is 0 Å². The van der Waals surface area contributed by atoms with Crippen LogP contribution in [0.2, 0.25) is 0 Å². The normalized spacial score (nSPS) is 20.3. The van der Waals surface area contributed by atoms with E-state index >= 15 is 0 Å². The molecule has 1 atom stereocenters. The molecular weight excluding hydrogens is 204 g/mol. The first-order chi connectivity index (χ1) is 7.61. The zero-order valence-corrected chi connectivity index (χ0v) is 9.56. The van der Waals surface area contributed by atoms with Gasteiger partial charge in [0.25, 0.3) is 0 Å². The lowest BCUT2D eigenvalue weighted by atomic mass is 10.2. The number of anilines is 1. The molecule has 0 bridgehead atoms. The lowest BCUT2D eigenvalue weighted by Crippen LogP contribution is -2.28. The molecule has 1 unspecified atom stereocenters. The standard InChI is InChI=1S/C12H16N2O2/c1-8-3-4-11(16-2)10(5-8)14-7-9(13)6-12(14)15/h3-5,9H,6-7,13H2,1-2H3. The number of hydrogen-bond donors (Lipinski definition) is 1. The maximum absolute atomic E-state index is 11.8. The Morgan fingerprint density at radius 1 is 1.50 bits per heavy atom. The van der Waals surface area contributed by atoms with Crippen molar-refractivity contribution < 1.29 is 9.53 Å². The minimum absolute atomic E-state index is 0.0661. The summed E-state index contributed by atoms with van der Waals surface area (Å²) < 4.78 is 5.26. The van der Waals surface area contributed by atoms with Gasteiger partial charge in [-0.3, -0.25) is 4.79 Å². The van der Waals surface area contributed by atoms with Crippen LogP contribution in [-0.4, -0.2) is 25.6 Å². The number of methoxy groups -OCH3 is 1. The number of hydrogen-bond acceptors (Lipinski definition) is 3. The van der Waals surface area contributed by atoms with E-state index < -0.39 is 0 Å². The maximum Gasteiger partial charge on any atom is 0.228 e. The number of amides is 1. The van der Waals surface area contributed by atoms with E-state index in [1.54, 1.807) is 12.0 Å². The quantitative estimate of drug-likeness (QED) is 0.811. The summed E-state index contributed by atoms with van der Waals surface area (Å²) in [7, 11) is 1.61. The van der Waals surface area contributed by atoms with Gasteiger partial charge in [0.15, 0.2) is 0 Å². The van der Waals surface area contributed by atoms with Gasteiger partial charge < -0.3 is 15.4 Å². The van der Waals surface area contributed by atoms with Crippen LogP contribution in [0.25, 0.3) is 0 Å². The molecule has 0 saturated carbocycles. The summed E-state index contributed by atoms with van der Waals surface area (Å²) in [6, 6.07) is 5.72. The van der Waals surface area contributed by atoms with E-state index in [0.717, 1.165) is 11.3 Å². The number of carbonyl (C=O) groups is 1. The molecular formula is C12H16N2O2. The molecule has 2 N–H and O–H groups in total. The number of benzene rings is 1. The number of nitrogens with two attached hydrogens (primary N) is 1. The average Bonchev–Trinajstić information content (AvgIpc) is 2.57. The summed E-state index contributed by atoms with van der Waals surface area (Å²) in [5.74, 6) is 0.782. The summed E-state index contributed by atoms with van der Waals surface area (Å²) >= 11 is 0. The predicted octanol–water partition coefficient (Wildman–Crippen LogP) is 1.07. The fraction of sp³-hybridized carbons (Fsp3) is 0.417. The van der Waals surface area contributed by atoms with Crippen LogP contribution in [0.5, 0.6) is 5.75 Å². The molecule has 1 aromatic carbocycles. The van der Waals surface area contributed by atoms with Gasteiger partial charge in [0.1, 0.15) is 5.75 Å². The van der Waals surface area contributed by atoms with E-state index in [1.807, 2.05) is 25.1 Å².